The van der Waals surface area contributed by atoms with E-state index >= 15 is 0 Å². The Bertz CT molecular complexity index is 146. The van der Waals surface area contributed by atoms with Gasteiger partial charge in [-0.05, 0) is 11.8 Å². The van der Waals surface area contributed by atoms with E-state index in [2.05, 4.69) is 33.0 Å². The van der Waals surface area contributed by atoms with Gasteiger partial charge in [-0.25, -0.2) is 0 Å². The van der Waals surface area contributed by atoms with Crippen LogP contribution in [0.2, 0.25) is 0 Å². The van der Waals surface area contributed by atoms with Gasteiger partial charge in [0.05, 0.1) is 0 Å². The Kier molecular flexibility index (Phi) is 4.29. The van der Waals surface area contributed by atoms with Gasteiger partial charge in [0, 0.05) is 12.5 Å². The van der Waals surface area contributed by atoms with Crippen LogP contribution in [0.15, 0.2) is 0 Å². The monoisotopic (exact) mass is 171 g/mol. The molecule has 0 aromatic carbocycles. The molecule has 0 saturated carbocycles. The lowest BCUT2D eigenvalue weighted by Crippen LogP contribution is -2.36. The fourth-order valence-electron chi connectivity index (χ4n) is 0.795. The highest BCUT2D eigenvalue weighted by Gasteiger charge is 2.25. The Labute approximate surface area is 75.7 Å². The lowest BCUT2D eigenvalue weighted by atomic mass is 9.81. The van der Waals surface area contributed by atoms with E-state index in [1.807, 2.05) is 6.92 Å². The summed E-state index contributed by atoms with van der Waals surface area (Å²) in [5, 5.41) is 2.90. The third-order valence-corrected chi connectivity index (χ3v) is 2.24. The molecule has 1 N–H and O–H groups in total. The van der Waals surface area contributed by atoms with E-state index in [-0.39, 0.29) is 17.2 Å². The van der Waals surface area contributed by atoms with Crippen molar-refractivity contribution in [2.24, 2.45) is 11.3 Å². The molecule has 0 rings (SSSR count). The molecular weight excluding hydrogens is 150 g/mol. The molecule has 0 fully saturated rings. The molecule has 2 nitrogen and oxygen atoms in total. The summed E-state index contributed by atoms with van der Waals surface area (Å²) in [5.74, 6) is 0.258. The van der Waals surface area contributed by atoms with Crippen molar-refractivity contribution in [2.45, 2.75) is 41.0 Å². The van der Waals surface area contributed by atoms with Crippen LogP contribution in [0, 0.1) is 11.3 Å². The van der Waals surface area contributed by atoms with Gasteiger partial charge >= 0.3 is 0 Å². The first-order valence-corrected chi connectivity index (χ1v) is 4.67. The zero-order valence-corrected chi connectivity index (χ0v) is 8.90. The maximum atomic E-state index is 11.4. The van der Waals surface area contributed by atoms with Crippen molar-refractivity contribution in [3.8, 4) is 0 Å². The van der Waals surface area contributed by atoms with Crippen LogP contribution in [0.1, 0.15) is 41.0 Å². The van der Waals surface area contributed by atoms with Crippen molar-refractivity contribution in [1.29, 1.82) is 0 Å². The van der Waals surface area contributed by atoms with Crippen molar-refractivity contribution < 1.29 is 4.79 Å². The predicted octanol–water partition coefficient (Wildman–Crippen LogP) is 2.19. The fourth-order valence-corrected chi connectivity index (χ4v) is 0.795. The van der Waals surface area contributed by atoms with E-state index in [1.54, 1.807) is 0 Å². The quantitative estimate of drug-likeness (QED) is 0.693. The molecule has 0 heterocycles. The summed E-state index contributed by atoms with van der Waals surface area (Å²) in [7, 11) is 0. The standard InChI is InChI=1S/C10H21NO/c1-6-7-11-9(12)8(2)10(3,4)5/h8H,6-7H2,1-5H3,(H,11,12). The maximum Gasteiger partial charge on any atom is 0.223 e. The molecule has 0 aliphatic carbocycles. The molecule has 0 bridgehead atoms. The molecule has 2 heteroatoms. The lowest BCUT2D eigenvalue weighted by Gasteiger charge is -2.25. The highest BCUT2D eigenvalue weighted by Crippen LogP contribution is 2.24. The summed E-state index contributed by atoms with van der Waals surface area (Å²) >= 11 is 0. The van der Waals surface area contributed by atoms with Gasteiger partial charge in [-0.1, -0.05) is 34.6 Å². The third-order valence-electron chi connectivity index (χ3n) is 2.24. The van der Waals surface area contributed by atoms with E-state index in [9.17, 15) is 4.79 Å². The minimum absolute atomic E-state index is 0.0673. The fraction of sp³-hybridized carbons (Fsp3) is 0.900. The molecule has 0 aromatic heterocycles. The zero-order valence-electron chi connectivity index (χ0n) is 8.90. The first-order valence-electron chi connectivity index (χ1n) is 4.67. The van der Waals surface area contributed by atoms with Crippen LogP contribution < -0.4 is 5.32 Å². The molecule has 0 aromatic rings. The van der Waals surface area contributed by atoms with Crippen molar-refractivity contribution >= 4 is 5.91 Å². The normalized spacial score (nSPS) is 14.1. The number of hydrogen-bond acceptors (Lipinski definition) is 1. The predicted molar refractivity (Wildman–Crippen MR) is 51.9 cm³/mol. The van der Waals surface area contributed by atoms with Gasteiger partial charge in [-0.3, -0.25) is 4.79 Å². The van der Waals surface area contributed by atoms with Gasteiger partial charge in [-0.15, -0.1) is 0 Å². The molecule has 1 unspecified atom stereocenters. The second kappa shape index (κ2) is 4.48. The highest BCUT2D eigenvalue weighted by molar-refractivity contribution is 5.78. The Morgan fingerprint density at radius 2 is 1.92 bits per heavy atom. The molecule has 0 spiro atoms. The van der Waals surface area contributed by atoms with Crippen molar-refractivity contribution in [3.63, 3.8) is 0 Å². The van der Waals surface area contributed by atoms with E-state index in [0.29, 0.717) is 0 Å². The van der Waals surface area contributed by atoms with Gasteiger partial charge < -0.3 is 5.32 Å². The molecule has 0 aliphatic rings. The minimum Gasteiger partial charge on any atom is -0.356 e. The van der Waals surface area contributed by atoms with E-state index in [1.165, 1.54) is 0 Å². The highest BCUT2D eigenvalue weighted by atomic mass is 16.1. The summed E-state index contributed by atoms with van der Waals surface area (Å²) in [6.07, 6.45) is 1.00. The maximum absolute atomic E-state index is 11.4. The van der Waals surface area contributed by atoms with E-state index < -0.39 is 0 Å². The second-order valence-electron chi connectivity index (χ2n) is 4.38. The van der Waals surface area contributed by atoms with Gasteiger partial charge in [-0.2, -0.15) is 0 Å². The van der Waals surface area contributed by atoms with Crippen LogP contribution in [0.25, 0.3) is 0 Å². The average Bonchev–Trinajstić information content (AvgIpc) is 1.97. The van der Waals surface area contributed by atoms with Crippen LogP contribution in [0.5, 0.6) is 0 Å². The summed E-state index contributed by atoms with van der Waals surface area (Å²) in [5.41, 5.74) is 0.0673. The molecule has 0 aliphatic heterocycles. The number of carbonyl (C=O) groups excluding carboxylic acids is 1. The van der Waals surface area contributed by atoms with Gasteiger partial charge in [0.2, 0.25) is 5.91 Å². The van der Waals surface area contributed by atoms with Crippen molar-refractivity contribution in [2.75, 3.05) is 6.54 Å². The summed E-state index contributed by atoms with van der Waals surface area (Å²) in [4.78, 5) is 11.4. The van der Waals surface area contributed by atoms with Crippen molar-refractivity contribution in [1.82, 2.24) is 5.32 Å². The van der Waals surface area contributed by atoms with Crippen LogP contribution in [-0.4, -0.2) is 12.5 Å². The zero-order chi connectivity index (χ0) is 9.78. The number of rotatable bonds is 3. The average molecular weight is 171 g/mol. The van der Waals surface area contributed by atoms with E-state index in [4.69, 9.17) is 0 Å². The SMILES string of the molecule is CCCNC(=O)C(C)C(C)(C)C. The number of nitrogens with one attached hydrogen (secondary N) is 1. The molecule has 12 heavy (non-hydrogen) atoms. The smallest absolute Gasteiger partial charge is 0.223 e. The first kappa shape index (κ1) is 11.5. The Morgan fingerprint density at radius 3 is 2.25 bits per heavy atom. The van der Waals surface area contributed by atoms with Crippen LogP contribution in [-0.2, 0) is 4.79 Å². The molecular formula is C10H21NO. The molecule has 1 amide bonds. The number of hydrogen-bond donors (Lipinski definition) is 1. The lowest BCUT2D eigenvalue weighted by molar-refractivity contribution is -0.127. The number of amides is 1. The van der Waals surface area contributed by atoms with Crippen LogP contribution in [0.4, 0.5) is 0 Å². The second-order valence-corrected chi connectivity index (χ2v) is 4.38. The summed E-state index contributed by atoms with van der Waals surface area (Å²) in [6.45, 7) is 11.1. The Hall–Kier alpha value is -0.530. The number of carbonyl (C=O) groups is 1. The van der Waals surface area contributed by atoms with E-state index in [0.717, 1.165) is 13.0 Å². The van der Waals surface area contributed by atoms with Crippen molar-refractivity contribution in [3.05, 3.63) is 0 Å². The molecule has 72 valence electrons. The molecule has 1 atom stereocenters. The van der Waals surface area contributed by atoms with Crippen LogP contribution in [0.3, 0.4) is 0 Å². The van der Waals surface area contributed by atoms with Gasteiger partial charge in [0.1, 0.15) is 0 Å². The third kappa shape index (κ3) is 3.74. The Morgan fingerprint density at radius 1 is 1.42 bits per heavy atom. The van der Waals surface area contributed by atoms with Gasteiger partial charge in [0.25, 0.3) is 0 Å². The summed E-state index contributed by atoms with van der Waals surface area (Å²) < 4.78 is 0. The topological polar surface area (TPSA) is 29.1 Å². The summed E-state index contributed by atoms with van der Waals surface area (Å²) in [6, 6.07) is 0. The molecule has 0 radical (unpaired) electrons. The molecule has 0 saturated heterocycles. The Balaban J connectivity index is 3.94. The largest absolute Gasteiger partial charge is 0.356 e. The minimum atomic E-state index is 0.0673. The first-order chi connectivity index (χ1) is 5.39. The van der Waals surface area contributed by atoms with Gasteiger partial charge in [0.15, 0.2) is 0 Å². The van der Waals surface area contributed by atoms with Crippen LogP contribution >= 0.6 is 0 Å².